The third-order valence-electron chi connectivity index (χ3n) is 2.50. The number of rotatable bonds is 4. The fraction of sp³-hybridized carbons (Fsp3) is 0.273. The second kappa shape index (κ2) is 5.79. The summed E-state index contributed by atoms with van der Waals surface area (Å²) >= 11 is 3.18. The van der Waals surface area contributed by atoms with E-state index in [1.165, 1.54) is 16.7 Å². The molecule has 0 saturated heterocycles. The average molecular weight is 383 g/mol. The van der Waals surface area contributed by atoms with Gasteiger partial charge in [-0.15, -0.1) is 10.2 Å². The van der Waals surface area contributed by atoms with Crippen LogP contribution in [0.25, 0.3) is 11.4 Å². The Hall–Kier alpha value is -0.990. The van der Waals surface area contributed by atoms with E-state index in [1.807, 2.05) is 6.92 Å². The zero-order valence-corrected chi connectivity index (χ0v) is 13.5. The molecule has 108 valence electrons. The molecule has 0 unspecified atom stereocenters. The van der Waals surface area contributed by atoms with Gasteiger partial charge in [-0.25, -0.2) is 12.8 Å². The predicted molar refractivity (Wildman–Crippen MR) is 76.4 cm³/mol. The van der Waals surface area contributed by atoms with Crippen LogP contribution in [0.5, 0.6) is 0 Å². The second-order valence-corrected chi connectivity index (χ2v) is 7.43. The second-order valence-electron chi connectivity index (χ2n) is 4.05. The van der Waals surface area contributed by atoms with E-state index in [9.17, 15) is 12.8 Å². The van der Waals surface area contributed by atoms with Crippen molar-refractivity contribution in [3.63, 3.8) is 0 Å². The molecule has 2 rings (SSSR count). The number of nitrogens with zero attached hydrogens (tertiary/aromatic N) is 3. The van der Waals surface area contributed by atoms with Crippen molar-refractivity contribution in [1.29, 1.82) is 0 Å². The molecule has 0 atom stereocenters. The molecule has 2 aromatic rings. The summed E-state index contributed by atoms with van der Waals surface area (Å²) in [5.74, 6) is -0.207. The van der Waals surface area contributed by atoms with E-state index in [-0.39, 0.29) is 11.0 Å². The highest BCUT2D eigenvalue weighted by atomic mass is 79.9. The van der Waals surface area contributed by atoms with Gasteiger partial charge >= 0.3 is 0 Å². The maximum absolute atomic E-state index is 13.4. The van der Waals surface area contributed by atoms with Crippen LogP contribution < -0.4 is 0 Å². The molecule has 0 radical (unpaired) electrons. The van der Waals surface area contributed by atoms with Gasteiger partial charge in [-0.05, 0) is 24.6 Å². The Kier molecular flexibility index (Phi) is 4.46. The Morgan fingerprint density at radius 3 is 2.60 bits per heavy atom. The summed E-state index contributed by atoms with van der Waals surface area (Å²) in [6, 6.07) is 4.18. The minimum absolute atomic E-state index is 0.256. The lowest BCUT2D eigenvalue weighted by Gasteiger charge is -2.07. The van der Waals surface area contributed by atoms with Gasteiger partial charge in [0.2, 0.25) is 0 Å². The normalized spacial score (nSPS) is 11.8. The third kappa shape index (κ3) is 3.18. The Balaban J connectivity index is 2.65. The monoisotopic (exact) mass is 381 g/mol. The van der Waals surface area contributed by atoms with Crippen LogP contribution in [0.1, 0.15) is 13.3 Å². The lowest BCUT2D eigenvalue weighted by atomic mass is 10.2. The van der Waals surface area contributed by atoms with Crippen molar-refractivity contribution in [2.24, 2.45) is 0 Å². The fourth-order valence-corrected chi connectivity index (χ4v) is 3.18. The molecule has 5 nitrogen and oxygen atoms in total. The van der Waals surface area contributed by atoms with Crippen molar-refractivity contribution in [2.45, 2.75) is 25.0 Å². The SMILES string of the molecule is CCCn1c(-c2cc(F)cc(Br)c2)nnc1S(=O)(=O)Cl. The van der Waals surface area contributed by atoms with Crippen molar-refractivity contribution >= 4 is 35.7 Å². The van der Waals surface area contributed by atoms with Gasteiger partial charge in [0.15, 0.2) is 5.82 Å². The Morgan fingerprint density at radius 2 is 2.05 bits per heavy atom. The van der Waals surface area contributed by atoms with Crippen LogP contribution in [0.3, 0.4) is 0 Å². The summed E-state index contributed by atoms with van der Waals surface area (Å²) in [5, 5.41) is 7.08. The number of benzene rings is 1. The molecular weight excluding hydrogens is 373 g/mol. The quantitative estimate of drug-likeness (QED) is 0.762. The van der Waals surface area contributed by atoms with Crippen molar-refractivity contribution in [3.05, 3.63) is 28.5 Å². The molecule has 1 aromatic heterocycles. The number of halogens is 3. The van der Waals surface area contributed by atoms with Gasteiger partial charge in [-0.2, -0.15) is 0 Å². The number of hydrogen-bond acceptors (Lipinski definition) is 4. The molecule has 0 aliphatic rings. The van der Waals surface area contributed by atoms with E-state index >= 15 is 0 Å². The molecule has 0 amide bonds. The number of aromatic nitrogens is 3. The summed E-state index contributed by atoms with van der Waals surface area (Å²) in [7, 11) is 1.32. The Bertz CT molecular complexity index is 728. The fourth-order valence-electron chi connectivity index (χ4n) is 1.79. The van der Waals surface area contributed by atoms with Crippen LogP contribution in [0, 0.1) is 5.82 Å². The zero-order valence-electron chi connectivity index (χ0n) is 10.3. The summed E-state index contributed by atoms with van der Waals surface area (Å²) in [5.41, 5.74) is 0.421. The highest BCUT2D eigenvalue weighted by Gasteiger charge is 2.23. The van der Waals surface area contributed by atoms with E-state index in [4.69, 9.17) is 10.7 Å². The van der Waals surface area contributed by atoms with Crippen LogP contribution in [0.4, 0.5) is 4.39 Å². The van der Waals surface area contributed by atoms with Gasteiger partial charge < -0.3 is 0 Å². The van der Waals surface area contributed by atoms with Gasteiger partial charge in [0.05, 0.1) is 0 Å². The minimum atomic E-state index is -4.01. The van der Waals surface area contributed by atoms with E-state index in [2.05, 4.69) is 26.1 Å². The molecule has 1 heterocycles. The number of hydrogen-bond donors (Lipinski definition) is 0. The van der Waals surface area contributed by atoms with Crippen LogP contribution in [0.2, 0.25) is 0 Å². The molecular formula is C11H10BrClFN3O2S. The van der Waals surface area contributed by atoms with Crippen LogP contribution in [-0.4, -0.2) is 23.2 Å². The molecule has 0 spiro atoms. The molecule has 0 saturated carbocycles. The molecule has 0 bridgehead atoms. The van der Waals surface area contributed by atoms with E-state index in [0.717, 1.165) is 0 Å². The zero-order chi connectivity index (χ0) is 14.9. The lowest BCUT2D eigenvalue weighted by Crippen LogP contribution is -2.07. The summed E-state index contributed by atoms with van der Waals surface area (Å²) < 4.78 is 38.3. The molecule has 9 heteroatoms. The maximum Gasteiger partial charge on any atom is 0.296 e. The van der Waals surface area contributed by atoms with E-state index in [1.54, 1.807) is 6.07 Å². The van der Waals surface area contributed by atoms with Gasteiger partial charge in [0.25, 0.3) is 14.2 Å². The van der Waals surface area contributed by atoms with Crippen molar-refractivity contribution in [2.75, 3.05) is 0 Å². The first kappa shape index (κ1) is 15.4. The smallest absolute Gasteiger partial charge is 0.296 e. The van der Waals surface area contributed by atoms with Crippen LogP contribution >= 0.6 is 26.6 Å². The first-order chi connectivity index (χ1) is 9.32. The summed E-state index contributed by atoms with van der Waals surface area (Å²) in [4.78, 5) is 0. The van der Waals surface area contributed by atoms with Gasteiger partial charge in [-0.3, -0.25) is 4.57 Å². The topological polar surface area (TPSA) is 64.8 Å². The first-order valence-corrected chi connectivity index (χ1v) is 8.77. The van der Waals surface area contributed by atoms with Crippen molar-refractivity contribution < 1.29 is 12.8 Å². The third-order valence-corrected chi connectivity index (χ3v) is 4.11. The van der Waals surface area contributed by atoms with Gasteiger partial charge in [0.1, 0.15) is 5.82 Å². The first-order valence-electron chi connectivity index (χ1n) is 5.67. The summed E-state index contributed by atoms with van der Waals surface area (Å²) in [6.45, 7) is 2.23. The highest BCUT2D eigenvalue weighted by molar-refractivity contribution is 9.10. The molecule has 0 aliphatic carbocycles. The Labute approximate surface area is 128 Å². The molecule has 1 aromatic carbocycles. The van der Waals surface area contributed by atoms with Crippen LogP contribution in [0.15, 0.2) is 27.8 Å². The van der Waals surface area contributed by atoms with E-state index < -0.39 is 14.9 Å². The van der Waals surface area contributed by atoms with Crippen molar-refractivity contribution in [1.82, 2.24) is 14.8 Å². The minimum Gasteiger partial charge on any atom is -0.297 e. The van der Waals surface area contributed by atoms with E-state index in [0.29, 0.717) is 23.0 Å². The molecule has 20 heavy (non-hydrogen) atoms. The molecule has 0 fully saturated rings. The largest absolute Gasteiger partial charge is 0.297 e. The predicted octanol–water partition coefficient (Wildman–Crippen LogP) is 3.18. The van der Waals surface area contributed by atoms with Gasteiger partial charge in [0, 0.05) is 27.3 Å². The highest BCUT2D eigenvalue weighted by Crippen LogP contribution is 2.26. The standard InChI is InChI=1S/C11H10BrClFN3O2S/c1-2-3-17-10(15-16-11(17)20(13,18)19)7-4-8(12)6-9(14)5-7/h4-6H,2-3H2,1H3. The van der Waals surface area contributed by atoms with Crippen LogP contribution in [-0.2, 0) is 15.6 Å². The molecule has 0 aliphatic heterocycles. The summed E-state index contributed by atoms with van der Waals surface area (Å²) in [6.07, 6.45) is 0.654. The van der Waals surface area contributed by atoms with Crippen molar-refractivity contribution in [3.8, 4) is 11.4 Å². The lowest BCUT2D eigenvalue weighted by molar-refractivity contribution is 0.569. The molecule has 0 N–H and O–H groups in total. The Morgan fingerprint density at radius 1 is 1.35 bits per heavy atom. The maximum atomic E-state index is 13.4. The average Bonchev–Trinajstić information content (AvgIpc) is 2.71. The van der Waals surface area contributed by atoms with Gasteiger partial charge in [-0.1, -0.05) is 22.9 Å².